The highest BCUT2D eigenvalue weighted by Gasteiger charge is 2.35. The molecule has 0 radical (unpaired) electrons. The van der Waals surface area contributed by atoms with Crippen molar-refractivity contribution < 1.29 is 0 Å². The molecule has 0 aliphatic carbocycles. The van der Waals surface area contributed by atoms with Crippen LogP contribution in [0.1, 0.15) is 17.7 Å². The summed E-state index contributed by atoms with van der Waals surface area (Å²) in [6.45, 7) is 5.32. The van der Waals surface area contributed by atoms with E-state index in [-0.39, 0.29) is 0 Å². The van der Waals surface area contributed by atoms with Gasteiger partial charge in [0.05, 0.1) is 12.3 Å². The van der Waals surface area contributed by atoms with Crippen molar-refractivity contribution in [2.75, 3.05) is 19.6 Å². The molecule has 3 aliphatic rings. The predicted molar refractivity (Wildman–Crippen MR) is 76.2 cm³/mol. The maximum Gasteiger partial charge on any atom is 0.0652 e. The van der Waals surface area contributed by atoms with Gasteiger partial charge in [0.2, 0.25) is 0 Å². The highest BCUT2D eigenvalue weighted by molar-refractivity contribution is 6.09. The minimum Gasteiger partial charge on any atom is -0.371 e. The van der Waals surface area contributed by atoms with Crippen LogP contribution < -0.4 is 0 Å². The zero-order valence-corrected chi connectivity index (χ0v) is 11.1. The minimum atomic E-state index is 0.752. The van der Waals surface area contributed by atoms with Gasteiger partial charge < -0.3 is 4.90 Å². The summed E-state index contributed by atoms with van der Waals surface area (Å²) in [5.74, 6) is 0.752. The third-order valence-electron chi connectivity index (χ3n) is 4.36. The van der Waals surface area contributed by atoms with E-state index in [1.807, 2.05) is 19.2 Å². The third kappa shape index (κ3) is 1.72. The molecule has 1 atom stereocenters. The second-order valence-corrected chi connectivity index (χ2v) is 5.56. The summed E-state index contributed by atoms with van der Waals surface area (Å²) in [7, 11) is 0. The molecule has 1 fully saturated rings. The van der Waals surface area contributed by atoms with E-state index in [9.17, 15) is 0 Å². The highest BCUT2D eigenvalue weighted by atomic mass is 15.2. The van der Waals surface area contributed by atoms with E-state index < -0.39 is 0 Å². The number of aliphatic imine (C=N–C) groups is 1. The molecular weight excluding hydrogens is 234 g/mol. The molecule has 0 saturated carbocycles. The molecule has 4 heterocycles. The van der Waals surface area contributed by atoms with Crippen LogP contribution in [0, 0.1) is 12.8 Å². The molecule has 0 aromatic carbocycles. The number of hydrogen-bond donors (Lipinski definition) is 0. The molecule has 1 aromatic rings. The van der Waals surface area contributed by atoms with Gasteiger partial charge in [-0.2, -0.15) is 0 Å². The summed E-state index contributed by atoms with van der Waals surface area (Å²) in [5.41, 5.74) is 6.28. The molecule has 0 spiro atoms. The Kier molecular flexibility index (Phi) is 2.34. The van der Waals surface area contributed by atoms with Gasteiger partial charge in [0.15, 0.2) is 0 Å². The Hall–Kier alpha value is -1.90. The van der Waals surface area contributed by atoms with Gasteiger partial charge in [0.25, 0.3) is 0 Å². The maximum absolute atomic E-state index is 4.81. The summed E-state index contributed by atoms with van der Waals surface area (Å²) in [6.07, 6.45) is 7.60. The highest BCUT2D eigenvalue weighted by Crippen LogP contribution is 2.38. The number of aryl methyl sites for hydroxylation is 1. The van der Waals surface area contributed by atoms with Crippen molar-refractivity contribution >= 4 is 5.71 Å². The van der Waals surface area contributed by atoms with E-state index in [4.69, 9.17) is 4.99 Å². The zero-order chi connectivity index (χ0) is 12.8. The summed E-state index contributed by atoms with van der Waals surface area (Å²) < 4.78 is 0. The number of fused-ring (bicyclic) bond motifs is 4. The Balaban J connectivity index is 1.68. The molecule has 96 valence electrons. The van der Waals surface area contributed by atoms with E-state index in [0.29, 0.717) is 0 Å². The van der Waals surface area contributed by atoms with Crippen LogP contribution in [0.3, 0.4) is 0 Å². The summed E-state index contributed by atoms with van der Waals surface area (Å²) in [5, 5.41) is 0. The second kappa shape index (κ2) is 4.05. The van der Waals surface area contributed by atoms with Gasteiger partial charge in [-0.1, -0.05) is 0 Å². The molecule has 3 aliphatic heterocycles. The summed E-state index contributed by atoms with van der Waals surface area (Å²) in [4.78, 5) is 11.6. The normalized spacial score (nSPS) is 24.6. The van der Waals surface area contributed by atoms with Crippen molar-refractivity contribution in [3.05, 3.63) is 53.0 Å². The van der Waals surface area contributed by atoms with Crippen LogP contribution in [0.25, 0.3) is 0 Å². The van der Waals surface area contributed by atoms with E-state index in [2.05, 4.69) is 28.1 Å². The number of rotatable bonds is 1. The number of aromatic nitrogens is 1. The molecule has 1 aromatic heterocycles. The van der Waals surface area contributed by atoms with Crippen LogP contribution in [0.5, 0.6) is 0 Å². The number of pyridine rings is 1. The lowest BCUT2D eigenvalue weighted by Gasteiger charge is -2.18. The predicted octanol–water partition coefficient (Wildman–Crippen LogP) is 2.34. The van der Waals surface area contributed by atoms with Gasteiger partial charge in [0.1, 0.15) is 0 Å². The molecule has 0 N–H and O–H groups in total. The van der Waals surface area contributed by atoms with Crippen molar-refractivity contribution in [1.29, 1.82) is 0 Å². The first-order valence-electron chi connectivity index (χ1n) is 6.95. The van der Waals surface area contributed by atoms with E-state index in [1.165, 1.54) is 30.8 Å². The van der Waals surface area contributed by atoms with Crippen LogP contribution in [0.4, 0.5) is 0 Å². The largest absolute Gasteiger partial charge is 0.371 e. The quantitative estimate of drug-likeness (QED) is 0.766. The lowest BCUT2D eigenvalue weighted by atomic mass is 9.97. The lowest BCUT2D eigenvalue weighted by Crippen LogP contribution is -2.15. The SMILES string of the molecule is Cc1cc(C2=NCC3=C(C=C2)N2CC[C@@H]3C2)ccn1. The van der Waals surface area contributed by atoms with Crippen LogP contribution in [0.2, 0.25) is 0 Å². The molecular formula is C16H17N3. The Morgan fingerprint density at radius 3 is 3.16 bits per heavy atom. The van der Waals surface area contributed by atoms with E-state index in [0.717, 1.165) is 23.9 Å². The van der Waals surface area contributed by atoms with Crippen LogP contribution in [-0.4, -0.2) is 35.2 Å². The van der Waals surface area contributed by atoms with Gasteiger partial charge >= 0.3 is 0 Å². The maximum atomic E-state index is 4.81. The van der Waals surface area contributed by atoms with E-state index >= 15 is 0 Å². The first-order valence-corrected chi connectivity index (χ1v) is 6.95. The molecule has 1 saturated heterocycles. The van der Waals surface area contributed by atoms with Crippen LogP contribution in [0.15, 0.2) is 46.7 Å². The van der Waals surface area contributed by atoms with Crippen molar-refractivity contribution in [2.24, 2.45) is 10.9 Å². The summed E-state index contributed by atoms with van der Waals surface area (Å²) in [6, 6.07) is 4.15. The minimum absolute atomic E-state index is 0.752. The van der Waals surface area contributed by atoms with Crippen molar-refractivity contribution in [3.8, 4) is 0 Å². The number of hydrogen-bond acceptors (Lipinski definition) is 3. The first kappa shape index (κ1) is 11.0. The Morgan fingerprint density at radius 2 is 2.26 bits per heavy atom. The van der Waals surface area contributed by atoms with Gasteiger partial charge in [-0.25, -0.2) is 0 Å². The standard InChI is InChI=1S/C16H17N3/c1-11-8-12(4-6-17-11)15-2-3-16-14(9-18-15)13-5-7-19(16)10-13/h2-4,6,8,13H,5,7,9-10H2,1H3/t13-/m1/s1. The molecule has 19 heavy (non-hydrogen) atoms. The first-order chi connectivity index (χ1) is 9.31. The monoisotopic (exact) mass is 251 g/mol. The molecule has 4 rings (SSSR count). The fraction of sp³-hybridized carbons (Fsp3) is 0.375. The fourth-order valence-corrected chi connectivity index (χ4v) is 3.37. The van der Waals surface area contributed by atoms with Gasteiger partial charge in [-0.15, -0.1) is 0 Å². The zero-order valence-electron chi connectivity index (χ0n) is 11.1. The Labute approximate surface area is 113 Å². The Morgan fingerprint density at radius 1 is 1.32 bits per heavy atom. The van der Waals surface area contributed by atoms with Gasteiger partial charge in [-0.05, 0) is 43.2 Å². The van der Waals surface area contributed by atoms with Crippen molar-refractivity contribution in [3.63, 3.8) is 0 Å². The lowest BCUT2D eigenvalue weighted by molar-refractivity contribution is 0.452. The second-order valence-electron chi connectivity index (χ2n) is 5.56. The molecule has 3 nitrogen and oxygen atoms in total. The van der Waals surface area contributed by atoms with Crippen LogP contribution in [-0.2, 0) is 0 Å². The Bertz CT molecular complexity index is 625. The molecule has 2 bridgehead atoms. The van der Waals surface area contributed by atoms with Crippen molar-refractivity contribution in [2.45, 2.75) is 13.3 Å². The van der Waals surface area contributed by atoms with Gasteiger partial charge in [-0.3, -0.25) is 9.98 Å². The third-order valence-corrected chi connectivity index (χ3v) is 4.36. The smallest absolute Gasteiger partial charge is 0.0652 e. The molecule has 3 heteroatoms. The number of nitrogens with zero attached hydrogens (tertiary/aromatic N) is 3. The van der Waals surface area contributed by atoms with E-state index in [1.54, 1.807) is 5.57 Å². The molecule has 0 amide bonds. The van der Waals surface area contributed by atoms with Gasteiger partial charge in [0, 0.05) is 42.2 Å². The average Bonchev–Trinajstić information content (AvgIpc) is 2.93. The fourth-order valence-electron chi connectivity index (χ4n) is 3.37. The van der Waals surface area contributed by atoms with Crippen LogP contribution >= 0.6 is 0 Å². The summed E-state index contributed by atoms with van der Waals surface area (Å²) >= 11 is 0. The topological polar surface area (TPSA) is 28.5 Å². The van der Waals surface area contributed by atoms with Crippen molar-refractivity contribution in [1.82, 2.24) is 9.88 Å². The average molecular weight is 251 g/mol. The number of allylic oxidation sites excluding steroid dienone is 2. The molecule has 0 unspecified atom stereocenters.